The molecule has 0 spiro atoms. The van der Waals surface area contributed by atoms with E-state index in [1.807, 2.05) is 0 Å². The number of nitrogens with one attached hydrogen (secondary N) is 1. The Morgan fingerprint density at radius 1 is 1.19 bits per heavy atom. The summed E-state index contributed by atoms with van der Waals surface area (Å²) < 4.78 is 0. The molecule has 0 aromatic rings. The monoisotopic (exact) mass is 233 g/mol. The minimum Gasteiger partial charge on any atom is -0.396 e. The van der Waals surface area contributed by atoms with Crippen molar-refractivity contribution in [3.05, 3.63) is 0 Å². The fourth-order valence-corrected chi connectivity index (χ4v) is 2.25. The van der Waals surface area contributed by atoms with Crippen LogP contribution in [0.2, 0.25) is 0 Å². The lowest BCUT2D eigenvalue weighted by atomic mass is 9.75. The summed E-state index contributed by atoms with van der Waals surface area (Å²) in [5.41, 5.74) is 0. The molecule has 0 aromatic heterocycles. The molecule has 0 heterocycles. The minimum atomic E-state index is -1.16. The van der Waals surface area contributed by atoms with Gasteiger partial charge in [-0.15, -0.1) is 0 Å². The molecule has 5 N–H and O–H groups in total. The summed E-state index contributed by atoms with van der Waals surface area (Å²) in [7, 11) is 0. The van der Waals surface area contributed by atoms with Crippen LogP contribution in [0.5, 0.6) is 0 Å². The van der Waals surface area contributed by atoms with Crippen molar-refractivity contribution < 1.29 is 25.2 Å². The topological polar surface area (TPSA) is 110 Å². The second kappa shape index (κ2) is 5.58. The number of amides is 1. The predicted octanol–water partition coefficient (Wildman–Crippen LogP) is -2.17. The SMILES string of the molecule is CC(=O)N[C@H]1[C@@H](CO)C[C@H](CO)[C@@H](O)[C@@H]1O. The first kappa shape index (κ1) is 13.4. The zero-order valence-electron chi connectivity index (χ0n) is 9.21. The van der Waals surface area contributed by atoms with Crippen molar-refractivity contribution in [2.24, 2.45) is 11.8 Å². The third-order valence-electron chi connectivity index (χ3n) is 3.15. The summed E-state index contributed by atoms with van der Waals surface area (Å²) >= 11 is 0. The highest BCUT2D eigenvalue weighted by molar-refractivity contribution is 5.73. The van der Waals surface area contributed by atoms with Gasteiger partial charge in [0.1, 0.15) is 6.10 Å². The lowest BCUT2D eigenvalue weighted by molar-refractivity contribution is -0.128. The van der Waals surface area contributed by atoms with Gasteiger partial charge in [-0.25, -0.2) is 0 Å². The van der Waals surface area contributed by atoms with Gasteiger partial charge in [0.05, 0.1) is 12.1 Å². The molecule has 1 saturated carbocycles. The molecule has 1 rings (SSSR count). The lowest BCUT2D eigenvalue weighted by Gasteiger charge is -2.41. The van der Waals surface area contributed by atoms with Gasteiger partial charge in [0, 0.05) is 32.0 Å². The first-order valence-electron chi connectivity index (χ1n) is 5.36. The van der Waals surface area contributed by atoms with Gasteiger partial charge in [-0.3, -0.25) is 4.79 Å². The molecule has 1 amide bonds. The number of carbonyl (C=O) groups is 1. The Balaban J connectivity index is 2.77. The van der Waals surface area contributed by atoms with Crippen LogP contribution in [-0.4, -0.2) is 57.8 Å². The number of aliphatic hydroxyl groups excluding tert-OH is 4. The number of hydrogen-bond acceptors (Lipinski definition) is 5. The van der Waals surface area contributed by atoms with E-state index in [0.717, 1.165) is 0 Å². The molecule has 94 valence electrons. The Morgan fingerprint density at radius 2 is 1.75 bits per heavy atom. The molecule has 1 aliphatic rings. The molecule has 1 fully saturated rings. The average molecular weight is 233 g/mol. The van der Waals surface area contributed by atoms with Crippen molar-refractivity contribution in [1.82, 2.24) is 5.32 Å². The van der Waals surface area contributed by atoms with E-state index in [1.54, 1.807) is 0 Å². The Kier molecular flexibility index (Phi) is 4.67. The minimum absolute atomic E-state index is 0.203. The largest absolute Gasteiger partial charge is 0.396 e. The molecule has 1 aliphatic carbocycles. The molecule has 0 radical (unpaired) electrons. The first-order valence-corrected chi connectivity index (χ1v) is 5.36. The molecule has 5 atom stereocenters. The van der Waals surface area contributed by atoms with E-state index in [1.165, 1.54) is 6.92 Å². The summed E-state index contributed by atoms with van der Waals surface area (Å²) in [4.78, 5) is 10.9. The third kappa shape index (κ3) is 2.70. The Bertz CT molecular complexity index is 245. The van der Waals surface area contributed by atoms with Crippen molar-refractivity contribution in [1.29, 1.82) is 0 Å². The van der Waals surface area contributed by atoms with Crippen LogP contribution in [-0.2, 0) is 4.79 Å². The maximum atomic E-state index is 10.9. The van der Waals surface area contributed by atoms with Crippen LogP contribution in [0, 0.1) is 11.8 Å². The summed E-state index contributed by atoms with van der Waals surface area (Å²) in [6.07, 6.45) is -1.87. The van der Waals surface area contributed by atoms with Crippen LogP contribution in [0.15, 0.2) is 0 Å². The van der Waals surface area contributed by atoms with Crippen molar-refractivity contribution in [2.45, 2.75) is 31.6 Å². The normalized spacial score (nSPS) is 39.4. The summed E-state index contributed by atoms with van der Waals surface area (Å²) in [6, 6.07) is -0.666. The molecular formula is C10H19NO5. The molecular weight excluding hydrogens is 214 g/mol. The predicted molar refractivity (Wildman–Crippen MR) is 55.4 cm³/mol. The maximum Gasteiger partial charge on any atom is 0.217 e. The fourth-order valence-electron chi connectivity index (χ4n) is 2.25. The highest BCUT2D eigenvalue weighted by atomic mass is 16.3. The Hall–Kier alpha value is -0.690. The van der Waals surface area contributed by atoms with Gasteiger partial charge >= 0.3 is 0 Å². The number of carbonyl (C=O) groups excluding carboxylic acids is 1. The zero-order valence-corrected chi connectivity index (χ0v) is 9.21. The van der Waals surface area contributed by atoms with E-state index in [-0.39, 0.29) is 25.0 Å². The molecule has 0 aromatic carbocycles. The summed E-state index contributed by atoms with van der Waals surface area (Å²) in [6.45, 7) is 0.860. The molecule has 16 heavy (non-hydrogen) atoms. The van der Waals surface area contributed by atoms with E-state index >= 15 is 0 Å². The van der Waals surface area contributed by atoms with Crippen LogP contribution in [0.1, 0.15) is 13.3 Å². The number of hydrogen-bond donors (Lipinski definition) is 5. The van der Waals surface area contributed by atoms with E-state index in [2.05, 4.69) is 5.32 Å². The Labute approximate surface area is 93.9 Å². The van der Waals surface area contributed by atoms with Crippen LogP contribution in [0.25, 0.3) is 0 Å². The molecule has 6 heteroatoms. The number of rotatable bonds is 3. The van der Waals surface area contributed by atoms with E-state index in [4.69, 9.17) is 10.2 Å². The number of aliphatic hydroxyl groups is 4. The van der Waals surface area contributed by atoms with Crippen molar-refractivity contribution in [2.75, 3.05) is 13.2 Å². The maximum absolute atomic E-state index is 10.9. The van der Waals surface area contributed by atoms with Gasteiger partial charge in [0.25, 0.3) is 0 Å². The zero-order chi connectivity index (χ0) is 12.3. The molecule has 6 nitrogen and oxygen atoms in total. The summed E-state index contributed by atoms with van der Waals surface area (Å²) in [5, 5.41) is 40.2. The quantitative estimate of drug-likeness (QED) is 0.381. The smallest absolute Gasteiger partial charge is 0.217 e. The molecule has 0 unspecified atom stereocenters. The van der Waals surface area contributed by atoms with Crippen molar-refractivity contribution in [3.8, 4) is 0 Å². The molecule has 0 bridgehead atoms. The van der Waals surface area contributed by atoms with Gasteiger partial charge in [-0.1, -0.05) is 0 Å². The van der Waals surface area contributed by atoms with Gasteiger partial charge in [0.2, 0.25) is 5.91 Å². The summed E-state index contributed by atoms with van der Waals surface area (Å²) in [5.74, 6) is -1.13. The highest BCUT2D eigenvalue weighted by Gasteiger charge is 2.43. The van der Waals surface area contributed by atoms with E-state index in [9.17, 15) is 15.0 Å². The van der Waals surface area contributed by atoms with Crippen LogP contribution in [0.4, 0.5) is 0 Å². The molecule has 0 saturated heterocycles. The highest BCUT2D eigenvalue weighted by Crippen LogP contribution is 2.29. The second-order valence-corrected chi connectivity index (χ2v) is 4.33. The van der Waals surface area contributed by atoms with Crippen LogP contribution < -0.4 is 5.32 Å². The third-order valence-corrected chi connectivity index (χ3v) is 3.15. The first-order chi connectivity index (χ1) is 7.51. The van der Waals surface area contributed by atoms with Gasteiger partial charge in [-0.05, 0) is 6.42 Å². The van der Waals surface area contributed by atoms with Crippen molar-refractivity contribution >= 4 is 5.91 Å². The second-order valence-electron chi connectivity index (χ2n) is 4.33. The van der Waals surface area contributed by atoms with E-state index in [0.29, 0.717) is 6.42 Å². The lowest BCUT2D eigenvalue weighted by Crippen LogP contribution is -2.59. The Morgan fingerprint density at radius 3 is 2.19 bits per heavy atom. The average Bonchev–Trinajstić information content (AvgIpc) is 2.25. The van der Waals surface area contributed by atoms with Gasteiger partial charge in [-0.2, -0.15) is 0 Å². The molecule has 0 aliphatic heterocycles. The van der Waals surface area contributed by atoms with Crippen LogP contribution >= 0.6 is 0 Å². The standard InChI is InChI=1S/C10H19NO5/c1-5(14)11-8-6(3-12)2-7(4-13)9(15)10(8)16/h6-10,12-13,15-16H,2-4H2,1H3,(H,11,14)/t6-,7-,8+,9-,10-/m1/s1. The van der Waals surface area contributed by atoms with Gasteiger partial charge in [0.15, 0.2) is 0 Å². The van der Waals surface area contributed by atoms with Crippen molar-refractivity contribution in [3.63, 3.8) is 0 Å². The van der Waals surface area contributed by atoms with Gasteiger partial charge < -0.3 is 25.7 Å². The van der Waals surface area contributed by atoms with E-state index < -0.39 is 24.2 Å². The fraction of sp³-hybridized carbons (Fsp3) is 0.900. The van der Waals surface area contributed by atoms with Crippen LogP contribution in [0.3, 0.4) is 0 Å².